The van der Waals surface area contributed by atoms with Crippen LogP contribution in [0, 0.1) is 5.92 Å². The number of thiocarbonyl (C=S) groups is 1. The molecule has 0 aliphatic rings. The largest absolute Gasteiger partial charge is 0.393 e. The first kappa shape index (κ1) is 15.4. The lowest BCUT2D eigenvalue weighted by Gasteiger charge is -2.30. The van der Waals surface area contributed by atoms with Crippen LogP contribution in [-0.4, -0.2) is 28.4 Å². The normalized spacial score (nSPS) is 14.2. The summed E-state index contributed by atoms with van der Waals surface area (Å²) in [7, 11) is 0. The van der Waals surface area contributed by atoms with Gasteiger partial charge in [-0.05, 0) is 26.7 Å². The van der Waals surface area contributed by atoms with Gasteiger partial charge in [-0.2, -0.15) is 0 Å². The monoisotopic (exact) mass is 244 g/mol. The zero-order valence-electron chi connectivity index (χ0n) is 10.8. The number of hydrogen-bond donors (Lipinski definition) is 1. The van der Waals surface area contributed by atoms with E-state index in [0.717, 1.165) is 25.8 Å². The molecule has 0 radical (unpaired) electrons. The smallest absolute Gasteiger partial charge is 0.232 e. The average Bonchev–Trinajstić information content (AvgIpc) is 2.25. The van der Waals surface area contributed by atoms with Crippen LogP contribution in [0.4, 0.5) is 0 Å². The molecule has 0 aliphatic carbocycles. The quantitative estimate of drug-likeness (QED) is 0.699. The minimum absolute atomic E-state index is 0.0891. The second kappa shape index (κ2) is 7.60. The lowest BCUT2D eigenvalue weighted by molar-refractivity contribution is -0.135. The SMILES string of the molecule is CCCC(C(=O)N(CC)C(C)CC)C(N)=S. The van der Waals surface area contributed by atoms with Crippen molar-refractivity contribution < 1.29 is 4.79 Å². The Labute approximate surface area is 104 Å². The molecule has 0 bridgehead atoms. The van der Waals surface area contributed by atoms with Gasteiger partial charge >= 0.3 is 0 Å². The van der Waals surface area contributed by atoms with Crippen LogP contribution in [0.15, 0.2) is 0 Å². The minimum Gasteiger partial charge on any atom is -0.393 e. The van der Waals surface area contributed by atoms with Crippen molar-refractivity contribution in [1.82, 2.24) is 4.90 Å². The molecule has 0 aromatic carbocycles. The van der Waals surface area contributed by atoms with Crippen LogP contribution in [-0.2, 0) is 4.79 Å². The molecule has 0 aromatic rings. The molecular formula is C12H24N2OS. The lowest BCUT2D eigenvalue weighted by atomic mass is 10.0. The Bertz CT molecular complexity index is 243. The van der Waals surface area contributed by atoms with Crippen molar-refractivity contribution in [2.45, 2.75) is 53.0 Å². The molecule has 0 rings (SSSR count). The fourth-order valence-corrected chi connectivity index (χ4v) is 2.00. The molecule has 3 nitrogen and oxygen atoms in total. The molecule has 0 spiro atoms. The summed E-state index contributed by atoms with van der Waals surface area (Å²) in [5, 5.41) is 0. The average molecular weight is 244 g/mol. The van der Waals surface area contributed by atoms with Gasteiger partial charge in [0.25, 0.3) is 0 Å². The van der Waals surface area contributed by atoms with E-state index in [9.17, 15) is 4.79 Å². The number of carbonyl (C=O) groups is 1. The predicted octanol–water partition coefficient (Wildman–Crippen LogP) is 2.34. The van der Waals surface area contributed by atoms with Gasteiger partial charge in [0.05, 0.1) is 10.9 Å². The van der Waals surface area contributed by atoms with Crippen molar-refractivity contribution in [2.75, 3.05) is 6.54 Å². The molecule has 1 amide bonds. The van der Waals surface area contributed by atoms with Crippen LogP contribution in [0.3, 0.4) is 0 Å². The zero-order valence-corrected chi connectivity index (χ0v) is 11.6. The van der Waals surface area contributed by atoms with Gasteiger partial charge in [0, 0.05) is 12.6 Å². The first-order valence-corrected chi connectivity index (χ1v) is 6.50. The summed E-state index contributed by atoms with van der Waals surface area (Å²) in [6.07, 6.45) is 2.63. The third-order valence-corrected chi connectivity index (χ3v) is 3.25. The van der Waals surface area contributed by atoms with Gasteiger partial charge < -0.3 is 10.6 Å². The van der Waals surface area contributed by atoms with Crippen LogP contribution in [0.25, 0.3) is 0 Å². The minimum atomic E-state index is -0.283. The molecule has 16 heavy (non-hydrogen) atoms. The van der Waals surface area contributed by atoms with E-state index in [0.29, 0.717) is 4.99 Å². The Balaban J connectivity index is 4.74. The summed E-state index contributed by atoms with van der Waals surface area (Å²) in [4.78, 5) is 14.5. The summed E-state index contributed by atoms with van der Waals surface area (Å²) in [5.41, 5.74) is 5.64. The fourth-order valence-electron chi connectivity index (χ4n) is 1.78. The molecule has 0 saturated carbocycles. The third kappa shape index (κ3) is 4.08. The van der Waals surface area contributed by atoms with Gasteiger partial charge in [-0.1, -0.05) is 32.5 Å². The van der Waals surface area contributed by atoms with E-state index in [1.54, 1.807) is 0 Å². The van der Waals surface area contributed by atoms with Gasteiger partial charge in [-0.25, -0.2) is 0 Å². The van der Waals surface area contributed by atoms with Crippen molar-refractivity contribution in [3.63, 3.8) is 0 Å². The molecule has 0 aromatic heterocycles. The van der Waals surface area contributed by atoms with Gasteiger partial charge in [0.1, 0.15) is 0 Å². The van der Waals surface area contributed by atoms with Crippen molar-refractivity contribution in [2.24, 2.45) is 11.7 Å². The van der Waals surface area contributed by atoms with E-state index in [1.165, 1.54) is 0 Å². The first-order chi connectivity index (χ1) is 7.49. The molecule has 4 heteroatoms. The number of nitrogens with two attached hydrogens (primary N) is 1. The summed E-state index contributed by atoms with van der Waals surface area (Å²) in [5.74, 6) is -0.194. The van der Waals surface area contributed by atoms with Crippen molar-refractivity contribution >= 4 is 23.1 Å². The van der Waals surface area contributed by atoms with Gasteiger partial charge in [-0.3, -0.25) is 4.79 Å². The second-order valence-electron chi connectivity index (χ2n) is 4.13. The highest BCUT2D eigenvalue weighted by Crippen LogP contribution is 2.14. The Kier molecular flexibility index (Phi) is 7.30. The Morgan fingerprint density at radius 2 is 1.94 bits per heavy atom. The topological polar surface area (TPSA) is 46.3 Å². The second-order valence-corrected chi connectivity index (χ2v) is 4.60. The van der Waals surface area contributed by atoms with Crippen molar-refractivity contribution in [1.29, 1.82) is 0 Å². The van der Waals surface area contributed by atoms with E-state index in [4.69, 9.17) is 18.0 Å². The Morgan fingerprint density at radius 1 is 1.38 bits per heavy atom. The number of nitrogens with zero attached hydrogens (tertiary/aromatic N) is 1. The summed E-state index contributed by atoms with van der Waals surface area (Å²) in [6.45, 7) is 8.89. The first-order valence-electron chi connectivity index (χ1n) is 6.09. The molecule has 0 heterocycles. The molecular weight excluding hydrogens is 220 g/mol. The van der Waals surface area contributed by atoms with Crippen LogP contribution < -0.4 is 5.73 Å². The highest BCUT2D eigenvalue weighted by molar-refractivity contribution is 7.80. The maximum Gasteiger partial charge on any atom is 0.232 e. The maximum absolute atomic E-state index is 12.3. The summed E-state index contributed by atoms with van der Waals surface area (Å²) >= 11 is 4.98. The van der Waals surface area contributed by atoms with Crippen LogP contribution in [0.2, 0.25) is 0 Å². The van der Waals surface area contributed by atoms with Gasteiger partial charge in [0.15, 0.2) is 0 Å². The van der Waals surface area contributed by atoms with Gasteiger partial charge in [-0.15, -0.1) is 0 Å². The molecule has 0 saturated heterocycles. The van der Waals surface area contributed by atoms with Crippen molar-refractivity contribution in [3.8, 4) is 0 Å². The highest BCUT2D eigenvalue weighted by atomic mass is 32.1. The van der Waals surface area contributed by atoms with E-state index in [-0.39, 0.29) is 17.9 Å². The third-order valence-electron chi connectivity index (χ3n) is 2.97. The van der Waals surface area contributed by atoms with Gasteiger partial charge in [0.2, 0.25) is 5.91 Å². The number of carbonyl (C=O) groups excluding carboxylic acids is 1. The Hall–Kier alpha value is -0.640. The summed E-state index contributed by atoms with van der Waals surface area (Å²) in [6, 6.07) is 0.256. The predicted molar refractivity (Wildman–Crippen MR) is 72.3 cm³/mol. The molecule has 2 atom stereocenters. The van der Waals surface area contributed by atoms with E-state index < -0.39 is 0 Å². The molecule has 2 unspecified atom stereocenters. The maximum atomic E-state index is 12.3. The molecule has 2 N–H and O–H groups in total. The van der Waals surface area contributed by atoms with Crippen molar-refractivity contribution in [3.05, 3.63) is 0 Å². The van der Waals surface area contributed by atoms with E-state index in [1.807, 2.05) is 18.7 Å². The Morgan fingerprint density at radius 3 is 2.25 bits per heavy atom. The lowest BCUT2D eigenvalue weighted by Crippen LogP contribution is -2.45. The number of rotatable bonds is 7. The van der Waals surface area contributed by atoms with E-state index >= 15 is 0 Å². The molecule has 94 valence electrons. The number of amides is 1. The van der Waals surface area contributed by atoms with Crippen LogP contribution in [0.5, 0.6) is 0 Å². The molecule has 0 fully saturated rings. The van der Waals surface area contributed by atoms with Crippen LogP contribution in [0.1, 0.15) is 47.0 Å². The zero-order chi connectivity index (χ0) is 12.7. The number of hydrogen-bond acceptors (Lipinski definition) is 2. The highest BCUT2D eigenvalue weighted by Gasteiger charge is 2.27. The standard InChI is InChI=1S/C12H24N2OS/c1-5-8-10(11(13)16)12(15)14(7-3)9(4)6-2/h9-10H,5-8H2,1-4H3,(H2,13,16). The fraction of sp³-hybridized carbons (Fsp3) is 0.833. The van der Waals surface area contributed by atoms with Crippen LogP contribution >= 0.6 is 12.2 Å². The molecule has 0 aliphatic heterocycles. The summed E-state index contributed by atoms with van der Waals surface area (Å²) < 4.78 is 0. The van der Waals surface area contributed by atoms with E-state index in [2.05, 4.69) is 13.8 Å².